The van der Waals surface area contributed by atoms with Crippen LogP contribution in [0.4, 0.5) is 10.5 Å². The highest BCUT2D eigenvalue weighted by Crippen LogP contribution is 2.24. The molecule has 0 fully saturated rings. The van der Waals surface area contributed by atoms with Crippen LogP contribution in [0.3, 0.4) is 0 Å². The van der Waals surface area contributed by atoms with Crippen LogP contribution in [-0.2, 0) is 0 Å². The lowest BCUT2D eigenvalue weighted by molar-refractivity contribution is 0.171. The van der Waals surface area contributed by atoms with Crippen LogP contribution >= 0.6 is 0 Å². The van der Waals surface area contributed by atoms with E-state index >= 15 is 0 Å². The number of aliphatic hydroxyl groups excluding tert-OH is 1. The first-order valence-electron chi connectivity index (χ1n) is 7.86. The van der Waals surface area contributed by atoms with Gasteiger partial charge in [0.25, 0.3) is 0 Å². The van der Waals surface area contributed by atoms with E-state index in [4.69, 9.17) is 4.74 Å². The van der Waals surface area contributed by atoms with Gasteiger partial charge in [0.2, 0.25) is 0 Å². The van der Waals surface area contributed by atoms with Gasteiger partial charge >= 0.3 is 6.03 Å². The normalized spacial score (nSPS) is 11.7. The number of ether oxygens (including phenoxy) is 1. The number of carbonyl (C=O) groups is 1. The monoisotopic (exact) mass is 328 g/mol. The van der Waals surface area contributed by atoms with Gasteiger partial charge in [0.05, 0.1) is 13.2 Å². The number of amides is 2. The Morgan fingerprint density at radius 1 is 1.17 bits per heavy atom. The maximum Gasteiger partial charge on any atom is 0.319 e. The molecular formula is C19H24N2O3. The van der Waals surface area contributed by atoms with E-state index in [1.54, 1.807) is 19.2 Å². The highest BCUT2D eigenvalue weighted by molar-refractivity contribution is 5.91. The standard InChI is InChI=1S/C19H24N2O3/c1-12-9-13(2)18(14(3)10-12)21-19(23)20-11-16(22)15-7-5-6-8-17(15)24-4/h5-10,16,22H,11H2,1-4H3,(H2,20,21,23)/t16-/m0/s1. The molecule has 1 atom stereocenters. The van der Waals surface area contributed by atoms with Crippen molar-refractivity contribution in [1.82, 2.24) is 5.32 Å². The van der Waals surface area contributed by atoms with Gasteiger partial charge in [0.15, 0.2) is 0 Å². The van der Waals surface area contributed by atoms with Crippen LogP contribution < -0.4 is 15.4 Å². The second-order valence-electron chi connectivity index (χ2n) is 5.87. The molecule has 0 aromatic heterocycles. The molecule has 2 aromatic rings. The Bertz CT molecular complexity index is 705. The van der Waals surface area contributed by atoms with Crippen molar-refractivity contribution < 1.29 is 14.6 Å². The molecule has 0 aliphatic carbocycles. The van der Waals surface area contributed by atoms with Crippen molar-refractivity contribution in [3.8, 4) is 5.75 Å². The van der Waals surface area contributed by atoms with Gasteiger partial charge in [-0.15, -0.1) is 0 Å². The minimum absolute atomic E-state index is 0.0934. The topological polar surface area (TPSA) is 70.6 Å². The predicted molar refractivity (Wildman–Crippen MR) is 95.6 cm³/mol. The van der Waals surface area contributed by atoms with Gasteiger partial charge in [-0.2, -0.15) is 0 Å². The summed E-state index contributed by atoms with van der Waals surface area (Å²) in [5.41, 5.74) is 4.61. The number of aliphatic hydroxyl groups is 1. The molecule has 2 amide bonds. The molecule has 5 heteroatoms. The lowest BCUT2D eigenvalue weighted by Crippen LogP contribution is -2.33. The minimum atomic E-state index is -0.841. The van der Waals surface area contributed by atoms with E-state index in [0.717, 1.165) is 22.4 Å². The van der Waals surface area contributed by atoms with Crippen LogP contribution in [0, 0.1) is 20.8 Å². The highest BCUT2D eigenvalue weighted by atomic mass is 16.5. The van der Waals surface area contributed by atoms with Crippen LogP contribution in [0.5, 0.6) is 5.75 Å². The van der Waals surface area contributed by atoms with Crippen LogP contribution in [0.1, 0.15) is 28.4 Å². The molecular weight excluding hydrogens is 304 g/mol. The Morgan fingerprint density at radius 2 is 1.79 bits per heavy atom. The first kappa shape index (κ1) is 17.8. The van der Waals surface area contributed by atoms with Gasteiger partial charge in [-0.25, -0.2) is 4.79 Å². The Kier molecular flexibility index (Phi) is 5.82. The van der Waals surface area contributed by atoms with Crippen molar-refractivity contribution in [2.75, 3.05) is 19.0 Å². The zero-order chi connectivity index (χ0) is 17.7. The Balaban J connectivity index is 1.99. The van der Waals surface area contributed by atoms with E-state index in [1.807, 2.05) is 45.0 Å². The Labute approximate surface area is 142 Å². The van der Waals surface area contributed by atoms with Gasteiger partial charge in [0, 0.05) is 17.8 Å². The summed E-state index contributed by atoms with van der Waals surface area (Å²) in [6.45, 7) is 6.03. The highest BCUT2D eigenvalue weighted by Gasteiger charge is 2.14. The summed E-state index contributed by atoms with van der Waals surface area (Å²) in [6, 6.07) is 10.9. The van der Waals surface area contributed by atoms with E-state index in [0.29, 0.717) is 11.3 Å². The maximum atomic E-state index is 12.1. The van der Waals surface area contributed by atoms with E-state index in [2.05, 4.69) is 10.6 Å². The maximum absolute atomic E-state index is 12.1. The van der Waals surface area contributed by atoms with Crippen LogP contribution in [0.15, 0.2) is 36.4 Å². The number of urea groups is 1. The fourth-order valence-corrected chi connectivity index (χ4v) is 2.78. The summed E-state index contributed by atoms with van der Waals surface area (Å²) < 4.78 is 5.22. The number of aryl methyl sites for hydroxylation is 3. The van der Waals surface area contributed by atoms with Crippen molar-refractivity contribution in [1.29, 1.82) is 0 Å². The van der Waals surface area contributed by atoms with Crippen LogP contribution in [-0.4, -0.2) is 24.8 Å². The number of para-hydroxylation sites is 1. The number of hydrogen-bond acceptors (Lipinski definition) is 3. The number of carbonyl (C=O) groups excluding carboxylic acids is 1. The summed E-state index contributed by atoms with van der Waals surface area (Å²) >= 11 is 0. The van der Waals surface area contributed by atoms with Crippen molar-refractivity contribution in [2.24, 2.45) is 0 Å². The number of rotatable bonds is 5. The summed E-state index contributed by atoms with van der Waals surface area (Å²) in [4.78, 5) is 12.1. The van der Waals surface area contributed by atoms with Crippen molar-refractivity contribution in [3.05, 3.63) is 58.7 Å². The smallest absolute Gasteiger partial charge is 0.319 e. The zero-order valence-corrected chi connectivity index (χ0v) is 14.5. The Morgan fingerprint density at radius 3 is 2.42 bits per heavy atom. The predicted octanol–water partition coefficient (Wildman–Crippen LogP) is 3.48. The number of anilines is 1. The molecule has 0 bridgehead atoms. The molecule has 0 spiro atoms. The van der Waals surface area contributed by atoms with E-state index in [-0.39, 0.29) is 12.6 Å². The molecule has 0 unspecified atom stereocenters. The molecule has 2 rings (SSSR count). The molecule has 24 heavy (non-hydrogen) atoms. The minimum Gasteiger partial charge on any atom is -0.496 e. The first-order chi connectivity index (χ1) is 11.4. The summed E-state index contributed by atoms with van der Waals surface area (Å²) in [7, 11) is 1.55. The fourth-order valence-electron chi connectivity index (χ4n) is 2.78. The first-order valence-corrected chi connectivity index (χ1v) is 7.86. The third kappa shape index (κ3) is 4.26. The molecule has 0 saturated heterocycles. The molecule has 5 nitrogen and oxygen atoms in total. The molecule has 128 valence electrons. The average Bonchev–Trinajstić information content (AvgIpc) is 2.55. The number of hydrogen-bond donors (Lipinski definition) is 3. The number of nitrogens with one attached hydrogen (secondary N) is 2. The molecule has 3 N–H and O–H groups in total. The van der Waals surface area contributed by atoms with Crippen molar-refractivity contribution in [3.63, 3.8) is 0 Å². The third-order valence-electron chi connectivity index (χ3n) is 3.87. The average molecular weight is 328 g/mol. The van der Waals surface area contributed by atoms with Crippen molar-refractivity contribution in [2.45, 2.75) is 26.9 Å². The van der Waals surface area contributed by atoms with E-state index in [9.17, 15) is 9.90 Å². The molecule has 2 aromatic carbocycles. The van der Waals surface area contributed by atoms with E-state index < -0.39 is 6.10 Å². The van der Waals surface area contributed by atoms with Gasteiger partial charge in [0.1, 0.15) is 5.75 Å². The second-order valence-corrected chi connectivity index (χ2v) is 5.87. The summed E-state index contributed by atoms with van der Waals surface area (Å²) in [5, 5.41) is 15.8. The summed E-state index contributed by atoms with van der Waals surface area (Å²) in [6.07, 6.45) is -0.841. The second kappa shape index (κ2) is 7.84. The zero-order valence-electron chi connectivity index (χ0n) is 14.5. The van der Waals surface area contributed by atoms with E-state index in [1.165, 1.54) is 0 Å². The third-order valence-corrected chi connectivity index (χ3v) is 3.87. The quantitative estimate of drug-likeness (QED) is 0.787. The summed E-state index contributed by atoms with van der Waals surface area (Å²) in [5.74, 6) is 0.595. The fraction of sp³-hybridized carbons (Fsp3) is 0.316. The number of benzene rings is 2. The SMILES string of the molecule is COc1ccccc1[C@@H](O)CNC(=O)Nc1c(C)cc(C)cc1C. The molecule has 0 aliphatic heterocycles. The molecule has 0 radical (unpaired) electrons. The van der Waals surface area contributed by atoms with Crippen LogP contribution in [0.2, 0.25) is 0 Å². The molecule has 0 aliphatic rings. The lowest BCUT2D eigenvalue weighted by Gasteiger charge is -2.17. The van der Waals surface area contributed by atoms with Gasteiger partial charge < -0.3 is 20.5 Å². The molecule has 0 heterocycles. The molecule has 0 saturated carbocycles. The van der Waals surface area contributed by atoms with Gasteiger partial charge in [-0.1, -0.05) is 35.9 Å². The van der Waals surface area contributed by atoms with Gasteiger partial charge in [-0.05, 0) is 38.0 Å². The number of methoxy groups -OCH3 is 1. The van der Waals surface area contributed by atoms with Crippen molar-refractivity contribution >= 4 is 11.7 Å². The van der Waals surface area contributed by atoms with Crippen LogP contribution in [0.25, 0.3) is 0 Å². The lowest BCUT2D eigenvalue weighted by atomic mass is 10.1. The largest absolute Gasteiger partial charge is 0.496 e. The van der Waals surface area contributed by atoms with Gasteiger partial charge in [-0.3, -0.25) is 0 Å². The Hall–Kier alpha value is -2.53.